The lowest BCUT2D eigenvalue weighted by Crippen LogP contribution is -2.29. The lowest BCUT2D eigenvalue weighted by Gasteiger charge is -2.16. The van der Waals surface area contributed by atoms with Crippen molar-refractivity contribution in [2.75, 3.05) is 11.9 Å². The van der Waals surface area contributed by atoms with E-state index in [0.29, 0.717) is 11.9 Å². The molecule has 1 aromatic heterocycles. The Balaban J connectivity index is 2.06. The molecule has 0 N–H and O–H groups in total. The van der Waals surface area contributed by atoms with Gasteiger partial charge in [0.15, 0.2) is 0 Å². The zero-order chi connectivity index (χ0) is 15.5. The average Bonchev–Trinajstić information content (AvgIpc) is 2.47. The summed E-state index contributed by atoms with van der Waals surface area (Å²) in [6, 6.07) is 10.5. The number of alkyl halides is 3. The molecule has 0 bridgehead atoms. The second-order valence-electron chi connectivity index (χ2n) is 4.15. The lowest BCUT2D eigenvalue weighted by atomic mass is 10.3. The van der Waals surface area contributed by atoms with Crippen molar-refractivity contribution in [3.63, 3.8) is 0 Å². The average molecular weight is 296 g/mol. The fourth-order valence-corrected chi connectivity index (χ4v) is 1.52. The van der Waals surface area contributed by atoms with Crippen molar-refractivity contribution in [1.82, 2.24) is 4.98 Å². The molecule has 0 saturated carbocycles. The highest BCUT2D eigenvalue weighted by Gasteiger charge is 2.30. The number of carbonyl (C=O) groups excluding carboxylic acids is 1. The predicted molar refractivity (Wildman–Crippen MR) is 70.1 cm³/mol. The van der Waals surface area contributed by atoms with Crippen LogP contribution in [-0.2, 0) is 6.18 Å². The number of benzene rings is 1. The van der Waals surface area contributed by atoms with Gasteiger partial charge in [-0.1, -0.05) is 18.2 Å². The summed E-state index contributed by atoms with van der Waals surface area (Å²) >= 11 is 0. The van der Waals surface area contributed by atoms with Gasteiger partial charge in [-0.15, -0.1) is 0 Å². The molecule has 0 radical (unpaired) electrons. The van der Waals surface area contributed by atoms with Gasteiger partial charge >= 0.3 is 12.3 Å². The minimum Gasteiger partial charge on any atom is -0.391 e. The number of para-hydroxylation sites is 1. The number of ether oxygens (including phenoxy) is 1. The van der Waals surface area contributed by atoms with E-state index in [1.807, 2.05) is 0 Å². The number of pyridine rings is 1. The molecule has 110 valence electrons. The van der Waals surface area contributed by atoms with Gasteiger partial charge in [0.2, 0.25) is 5.88 Å². The number of rotatable bonds is 2. The normalized spacial score (nSPS) is 11.0. The second-order valence-corrected chi connectivity index (χ2v) is 4.15. The first kappa shape index (κ1) is 14.8. The Bertz CT molecular complexity index is 612. The number of nitrogens with zero attached hydrogens (tertiary/aromatic N) is 2. The number of anilines is 1. The first-order valence-corrected chi connectivity index (χ1v) is 5.92. The van der Waals surface area contributed by atoms with E-state index in [9.17, 15) is 18.0 Å². The van der Waals surface area contributed by atoms with Crippen molar-refractivity contribution in [2.45, 2.75) is 6.18 Å². The van der Waals surface area contributed by atoms with Crippen molar-refractivity contribution in [3.05, 3.63) is 54.2 Å². The third kappa shape index (κ3) is 3.71. The van der Waals surface area contributed by atoms with Crippen LogP contribution in [0.2, 0.25) is 0 Å². The summed E-state index contributed by atoms with van der Waals surface area (Å²) < 4.78 is 42.0. The van der Waals surface area contributed by atoms with Crippen LogP contribution in [0.15, 0.2) is 48.7 Å². The molecule has 1 aromatic carbocycles. The Kier molecular flexibility index (Phi) is 4.11. The van der Waals surface area contributed by atoms with Crippen molar-refractivity contribution < 1.29 is 22.7 Å². The zero-order valence-corrected chi connectivity index (χ0v) is 11.0. The van der Waals surface area contributed by atoms with Crippen LogP contribution in [0.25, 0.3) is 0 Å². The molecule has 2 aromatic rings. The largest absolute Gasteiger partial charge is 0.420 e. The molecular weight excluding hydrogens is 285 g/mol. The van der Waals surface area contributed by atoms with E-state index in [-0.39, 0.29) is 5.88 Å². The summed E-state index contributed by atoms with van der Waals surface area (Å²) in [5.74, 6) is -0.198. The van der Waals surface area contributed by atoms with Crippen molar-refractivity contribution >= 4 is 11.8 Å². The maximum Gasteiger partial charge on any atom is 0.420 e. The topological polar surface area (TPSA) is 42.4 Å². The number of aromatic nitrogens is 1. The van der Waals surface area contributed by atoms with Crippen LogP contribution in [0.5, 0.6) is 5.88 Å². The van der Waals surface area contributed by atoms with E-state index < -0.39 is 17.8 Å². The SMILES string of the molecule is CN(C(=O)Oc1ccc(C(F)(F)F)cn1)c1ccccc1. The molecule has 7 heteroatoms. The van der Waals surface area contributed by atoms with E-state index in [1.165, 1.54) is 11.9 Å². The van der Waals surface area contributed by atoms with Gasteiger partial charge in [0.1, 0.15) is 0 Å². The molecule has 0 aliphatic carbocycles. The van der Waals surface area contributed by atoms with Crippen LogP contribution in [0, 0.1) is 0 Å². The summed E-state index contributed by atoms with van der Waals surface area (Å²) in [4.78, 5) is 16.5. The van der Waals surface area contributed by atoms with Crippen molar-refractivity contribution in [2.24, 2.45) is 0 Å². The molecule has 0 spiro atoms. The monoisotopic (exact) mass is 296 g/mol. The Labute approximate surface area is 118 Å². The molecule has 1 amide bonds. The molecule has 0 atom stereocenters. The molecule has 0 fully saturated rings. The fraction of sp³-hybridized carbons (Fsp3) is 0.143. The lowest BCUT2D eigenvalue weighted by molar-refractivity contribution is -0.137. The van der Waals surface area contributed by atoms with E-state index in [0.717, 1.165) is 12.1 Å². The Morgan fingerprint density at radius 2 is 1.81 bits per heavy atom. The zero-order valence-electron chi connectivity index (χ0n) is 11.0. The minimum atomic E-state index is -4.48. The van der Waals surface area contributed by atoms with Gasteiger partial charge in [-0.3, -0.25) is 4.90 Å². The molecule has 1 heterocycles. The molecule has 0 aliphatic rings. The summed E-state index contributed by atoms with van der Waals surface area (Å²) in [6.07, 6.45) is -4.60. The number of hydrogen-bond donors (Lipinski definition) is 0. The highest BCUT2D eigenvalue weighted by Crippen LogP contribution is 2.29. The highest BCUT2D eigenvalue weighted by molar-refractivity contribution is 5.88. The third-order valence-electron chi connectivity index (χ3n) is 2.67. The van der Waals surface area contributed by atoms with Crippen molar-refractivity contribution in [1.29, 1.82) is 0 Å². The number of hydrogen-bond acceptors (Lipinski definition) is 3. The van der Waals surface area contributed by atoms with Gasteiger partial charge in [-0.25, -0.2) is 9.78 Å². The maximum atomic E-state index is 12.4. The van der Waals surface area contributed by atoms with Crippen LogP contribution >= 0.6 is 0 Å². The molecule has 2 rings (SSSR count). The van der Waals surface area contributed by atoms with Crippen LogP contribution in [0.3, 0.4) is 0 Å². The van der Waals surface area contributed by atoms with E-state index in [1.54, 1.807) is 30.3 Å². The number of amides is 1. The molecule has 0 saturated heterocycles. The van der Waals surface area contributed by atoms with E-state index >= 15 is 0 Å². The van der Waals surface area contributed by atoms with E-state index in [2.05, 4.69) is 4.98 Å². The fourth-order valence-electron chi connectivity index (χ4n) is 1.52. The first-order chi connectivity index (χ1) is 9.88. The van der Waals surface area contributed by atoms with Crippen LogP contribution in [0.1, 0.15) is 5.56 Å². The second kappa shape index (κ2) is 5.82. The van der Waals surface area contributed by atoms with Gasteiger partial charge in [0.05, 0.1) is 5.56 Å². The first-order valence-electron chi connectivity index (χ1n) is 5.92. The predicted octanol–water partition coefficient (Wildman–Crippen LogP) is 3.74. The molecule has 21 heavy (non-hydrogen) atoms. The van der Waals surface area contributed by atoms with Gasteiger partial charge in [0, 0.05) is 25.0 Å². The molecule has 4 nitrogen and oxygen atoms in total. The summed E-state index contributed by atoms with van der Waals surface area (Å²) in [7, 11) is 1.49. The van der Waals surface area contributed by atoms with Crippen LogP contribution < -0.4 is 9.64 Å². The van der Waals surface area contributed by atoms with Gasteiger partial charge in [0.25, 0.3) is 0 Å². The quantitative estimate of drug-likeness (QED) is 0.848. The summed E-state index contributed by atoms with van der Waals surface area (Å²) in [5, 5.41) is 0. The van der Waals surface area contributed by atoms with Gasteiger partial charge in [-0.2, -0.15) is 13.2 Å². The molecule has 0 unspecified atom stereocenters. The highest BCUT2D eigenvalue weighted by atomic mass is 19.4. The van der Waals surface area contributed by atoms with Gasteiger partial charge in [-0.05, 0) is 18.2 Å². The summed E-state index contributed by atoms with van der Waals surface area (Å²) in [5.41, 5.74) is -0.312. The Hall–Kier alpha value is -2.57. The Morgan fingerprint density at radius 1 is 1.14 bits per heavy atom. The Morgan fingerprint density at radius 3 is 2.33 bits per heavy atom. The minimum absolute atomic E-state index is 0.198. The van der Waals surface area contributed by atoms with Crippen LogP contribution in [-0.4, -0.2) is 18.1 Å². The van der Waals surface area contributed by atoms with Gasteiger partial charge < -0.3 is 4.74 Å². The molecule has 0 aliphatic heterocycles. The van der Waals surface area contributed by atoms with Crippen molar-refractivity contribution in [3.8, 4) is 5.88 Å². The molecular formula is C14H11F3N2O2. The maximum absolute atomic E-state index is 12.4. The summed E-state index contributed by atoms with van der Waals surface area (Å²) in [6.45, 7) is 0. The standard InChI is InChI=1S/C14H11F3N2O2/c1-19(11-5-3-2-4-6-11)13(20)21-12-8-7-10(9-18-12)14(15,16)17/h2-9H,1H3. The van der Waals surface area contributed by atoms with E-state index in [4.69, 9.17) is 4.74 Å². The third-order valence-corrected chi connectivity index (χ3v) is 2.67. The smallest absolute Gasteiger partial charge is 0.391 e. The number of halogens is 3. The number of carbonyl (C=O) groups is 1. The van der Waals surface area contributed by atoms with Crippen LogP contribution in [0.4, 0.5) is 23.7 Å².